The molecule has 2 aromatic heterocycles. The lowest BCUT2D eigenvalue weighted by Crippen LogP contribution is -2.36. The summed E-state index contributed by atoms with van der Waals surface area (Å²) in [5.74, 6) is -1.15. The summed E-state index contributed by atoms with van der Waals surface area (Å²) in [6.45, 7) is 0.787. The molecule has 1 aromatic carbocycles. The molecule has 132 valence electrons. The van der Waals surface area contributed by atoms with Crippen LogP contribution in [0.25, 0.3) is 5.69 Å². The normalized spacial score (nSPS) is 13.5. The van der Waals surface area contributed by atoms with Gasteiger partial charge in [0.25, 0.3) is 5.91 Å². The molecule has 1 aliphatic rings. The third kappa shape index (κ3) is 2.95. The number of benzene rings is 1. The molecule has 0 fully saturated rings. The number of fused-ring (bicyclic) bond motifs is 1. The van der Waals surface area contributed by atoms with Gasteiger partial charge in [0.2, 0.25) is 0 Å². The molecule has 0 bridgehead atoms. The molecule has 0 saturated carbocycles. The highest BCUT2D eigenvalue weighted by atomic mass is 79.9. The molecule has 0 radical (unpaired) electrons. The van der Waals surface area contributed by atoms with E-state index < -0.39 is 5.97 Å². The van der Waals surface area contributed by atoms with Crippen molar-refractivity contribution in [2.24, 2.45) is 0 Å². The van der Waals surface area contributed by atoms with Crippen LogP contribution >= 0.6 is 27.3 Å². The molecule has 3 heterocycles. The minimum atomic E-state index is -1.08. The van der Waals surface area contributed by atoms with Crippen LogP contribution in [0.3, 0.4) is 0 Å². The molecule has 0 saturated heterocycles. The average molecular weight is 432 g/mol. The number of nitrogens with zero attached hydrogens (tertiary/aromatic N) is 3. The van der Waals surface area contributed by atoms with Crippen molar-refractivity contribution in [2.75, 3.05) is 6.54 Å². The molecule has 1 N–H and O–H groups in total. The number of aromatic carboxylic acids is 1. The van der Waals surface area contributed by atoms with E-state index in [0.29, 0.717) is 23.4 Å². The molecular weight excluding hydrogens is 418 g/mol. The van der Waals surface area contributed by atoms with Gasteiger partial charge in [-0.2, -0.15) is 5.10 Å². The second-order valence-corrected chi connectivity index (χ2v) is 7.78. The van der Waals surface area contributed by atoms with Gasteiger partial charge in [-0.15, -0.1) is 11.3 Å². The first kappa shape index (κ1) is 17.0. The molecule has 0 unspecified atom stereocenters. The fraction of sp³-hybridized carbons (Fsp3) is 0.167. The topological polar surface area (TPSA) is 75.4 Å². The molecule has 0 spiro atoms. The molecular formula is C18H14BrN3O3S. The number of hydrogen-bond donors (Lipinski definition) is 1. The highest BCUT2D eigenvalue weighted by Gasteiger charge is 2.31. The average Bonchev–Trinajstić information content (AvgIpc) is 3.29. The predicted molar refractivity (Wildman–Crippen MR) is 101 cm³/mol. The number of aromatic nitrogens is 2. The van der Waals surface area contributed by atoms with Crippen LogP contribution in [0.4, 0.5) is 0 Å². The minimum Gasteiger partial charge on any atom is -0.476 e. The number of amides is 1. The van der Waals surface area contributed by atoms with Gasteiger partial charge >= 0.3 is 5.97 Å². The van der Waals surface area contributed by atoms with Crippen LogP contribution in [-0.4, -0.2) is 38.2 Å². The van der Waals surface area contributed by atoms with Crippen molar-refractivity contribution < 1.29 is 14.7 Å². The van der Waals surface area contributed by atoms with Crippen molar-refractivity contribution in [3.05, 3.63) is 68.1 Å². The van der Waals surface area contributed by atoms with Crippen molar-refractivity contribution in [1.82, 2.24) is 14.7 Å². The fourth-order valence-electron chi connectivity index (χ4n) is 3.12. The predicted octanol–water partition coefficient (Wildman–Crippen LogP) is 3.59. The van der Waals surface area contributed by atoms with Crippen LogP contribution in [-0.2, 0) is 13.0 Å². The van der Waals surface area contributed by atoms with Gasteiger partial charge in [-0.05, 0) is 35.7 Å². The minimum absolute atomic E-state index is 0.00611. The fourth-order valence-corrected chi connectivity index (χ4v) is 4.07. The number of hydrogen-bond acceptors (Lipinski definition) is 4. The summed E-state index contributed by atoms with van der Waals surface area (Å²) in [6.07, 6.45) is 0.558. The molecule has 1 amide bonds. The second kappa shape index (κ2) is 6.69. The Balaban J connectivity index is 1.73. The summed E-state index contributed by atoms with van der Waals surface area (Å²) in [7, 11) is 0. The Morgan fingerprint density at radius 2 is 1.96 bits per heavy atom. The molecule has 26 heavy (non-hydrogen) atoms. The van der Waals surface area contributed by atoms with Gasteiger partial charge in [0, 0.05) is 23.0 Å². The van der Waals surface area contributed by atoms with E-state index in [2.05, 4.69) is 21.0 Å². The van der Waals surface area contributed by atoms with Gasteiger partial charge in [-0.1, -0.05) is 22.0 Å². The molecule has 8 heteroatoms. The maximum atomic E-state index is 12.6. The van der Waals surface area contributed by atoms with Gasteiger partial charge in [0.1, 0.15) is 0 Å². The Labute approximate surface area is 161 Å². The Bertz CT molecular complexity index is 980. The summed E-state index contributed by atoms with van der Waals surface area (Å²) in [5.41, 5.74) is 2.26. The van der Waals surface area contributed by atoms with Crippen LogP contribution < -0.4 is 0 Å². The van der Waals surface area contributed by atoms with Crippen LogP contribution in [0.2, 0.25) is 0 Å². The van der Waals surface area contributed by atoms with E-state index in [9.17, 15) is 14.7 Å². The van der Waals surface area contributed by atoms with E-state index in [1.165, 1.54) is 11.3 Å². The van der Waals surface area contributed by atoms with Gasteiger partial charge in [0.05, 0.1) is 22.8 Å². The van der Waals surface area contributed by atoms with Crippen LogP contribution in [0.1, 0.15) is 31.4 Å². The number of rotatable bonds is 3. The first-order valence-electron chi connectivity index (χ1n) is 7.97. The van der Waals surface area contributed by atoms with Crippen LogP contribution in [0, 0.1) is 0 Å². The Morgan fingerprint density at radius 1 is 1.19 bits per heavy atom. The van der Waals surface area contributed by atoms with E-state index >= 15 is 0 Å². The number of halogens is 1. The molecule has 0 atom stereocenters. The van der Waals surface area contributed by atoms with Crippen molar-refractivity contribution in [2.45, 2.75) is 13.0 Å². The van der Waals surface area contributed by atoms with Crippen molar-refractivity contribution in [1.29, 1.82) is 0 Å². The molecule has 3 aromatic rings. The van der Waals surface area contributed by atoms with Crippen LogP contribution in [0.15, 0.2) is 46.3 Å². The largest absolute Gasteiger partial charge is 0.476 e. The molecule has 4 rings (SSSR count). The Morgan fingerprint density at radius 3 is 2.62 bits per heavy atom. The maximum absolute atomic E-state index is 12.6. The van der Waals surface area contributed by atoms with E-state index in [-0.39, 0.29) is 18.1 Å². The standard InChI is InChI=1S/C18H14BrN3O3S/c19-11-3-5-12(6-4-11)22-14-7-8-21(17(23)15-2-1-9-26-15)10-13(14)16(20-22)18(24)25/h1-6,9H,7-8,10H2,(H,24,25). The zero-order valence-corrected chi connectivity index (χ0v) is 16.0. The Kier molecular flexibility index (Phi) is 4.37. The molecule has 1 aliphatic heterocycles. The third-order valence-corrected chi connectivity index (χ3v) is 5.74. The lowest BCUT2D eigenvalue weighted by atomic mass is 10.0. The number of carboxylic acids is 1. The highest BCUT2D eigenvalue weighted by Crippen LogP contribution is 2.27. The van der Waals surface area contributed by atoms with Gasteiger partial charge in [-0.25, -0.2) is 9.48 Å². The molecule has 6 nitrogen and oxygen atoms in total. The zero-order chi connectivity index (χ0) is 18.3. The highest BCUT2D eigenvalue weighted by molar-refractivity contribution is 9.10. The summed E-state index contributed by atoms with van der Waals surface area (Å²) < 4.78 is 2.62. The third-order valence-electron chi connectivity index (χ3n) is 4.35. The summed E-state index contributed by atoms with van der Waals surface area (Å²) in [5, 5.41) is 15.7. The lowest BCUT2D eigenvalue weighted by molar-refractivity contribution is 0.0675. The lowest BCUT2D eigenvalue weighted by Gasteiger charge is -2.27. The van der Waals surface area contributed by atoms with Crippen LogP contribution in [0.5, 0.6) is 0 Å². The maximum Gasteiger partial charge on any atom is 0.356 e. The zero-order valence-electron chi connectivity index (χ0n) is 13.6. The SMILES string of the molecule is O=C(O)c1nn(-c2ccc(Br)cc2)c2c1CN(C(=O)c1cccs1)CC2. The van der Waals surface area contributed by atoms with E-state index in [0.717, 1.165) is 15.9 Å². The number of carbonyl (C=O) groups is 2. The van der Waals surface area contributed by atoms with Gasteiger partial charge in [-0.3, -0.25) is 4.79 Å². The summed E-state index contributed by atoms with van der Waals surface area (Å²) in [4.78, 5) is 26.7. The monoisotopic (exact) mass is 431 g/mol. The summed E-state index contributed by atoms with van der Waals surface area (Å²) >= 11 is 4.78. The number of carbonyl (C=O) groups excluding carboxylic acids is 1. The first-order valence-corrected chi connectivity index (χ1v) is 9.64. The van der Waals surface area contributed by atoms with Gasteiger partial charge < -0.3 is 10.0 Å². The van der Waals surface area contributed by atoms with Gasteiger partial charge in [0.15, 0.2) is 5.69 Å². The van der Waals surface area contributed by atoms with E-state index in [1.807, 2.05) is 35.7 Å². The number of thiophene rings is 1. The van der Waals surface area contributed by atoms with Crippen molar-refractivity contribution in [3.63, 3.8) is 0 Å². The van der Waals surface area contributed by atoms with E-state index in [1.54, 1.807) is 15.6 Å². The quantitative estimate of drug-likeness (QED) is 0.687. The molecule has 0 aliphatic carbocycles. The Hall–Kier alpha value is -2.45. The second-order valence-electron chi connectivity index (χ2n) is 5.92. The number of carboxylic acid groups (broad SMARTS) is 1. The van der Waals surface area contributed by atoms with Crippen molar-refractivity contribution in [3.8, 4) is 5.69 Å². The van der Waals surface area contributed by atoms with E-state index in [4.69, 9.17) is 0 Å². The van der Waals surface area contributed by atoms with Crippen molar-refractivity contribution >= 4 is 39.1 Å². The smallest absolute Gasteiger partial charge is 0.356 e. The summed E-state index contributed by atoms with van der Waals surface area (Å²) in [6, 6.07) is 11.2. The first-order chi connectivity index (χ1) is 12.5.